The Morgan fingerprint density at radius 1 is 1.16 bits per heavy atom. The second-order valence-corrected chi connectivity index (χ2v) is 7.28. The number of nitrogens with zero attached hydrogens (tertiary/aromatic N) is 4. The van der Waals surface area contributed by atoms with E-state index in [9.17, 15) is 4.79 Å². The maximum Gasteiger partial charge on any atom is 0.227 e. The summed E-state index contributed by atoms with van der Waals surface area (Å²) >= 11 is 0. The minimum atomic E-state index is 0.175. The molecule has 3 aliphatic rings. The molecule has 0 aliphatic carbocycles. The first-order chi connectivity index (χ1) is 12.2. The van der Waals surface area contributed by atoms with Crippen LogP contribution in [0.1, 0.15) is 31.7 Å². The lowest BCUT2D eigenvalue weighted by molar-refractivity contribution is -0.139. The molecule has 1 aromatic heterocycles. The van der Waals surface area contributed by atoms with E-state index in [1.807, 2.05) is 29.1 Å². The predicted octanol–water partition coefficient (Wildman–Crippen LogP) is 2.71. The second kappa shape index (κ2) is 7.00. The zero-order chi connectivity index (χ0) is 17.2. The predicted molar refractivity (Wildman–Crippen MR) is 97.4 cm³/mol. The highest BCUT2D eigenvalue weighted by atomic mass is 16.2. The molecule has 25 heavy (non-hydrogen) atoms. The Bertz CT molecular complexity index is 726. The largest absolute Gasteiger partial charge is 0.338 e. The van der Waals surface area contributed by atoms with Gasteiger partial charge in [0, 0.05) is 44.0 Å². The Labute approximate surface area is 149 Å². The molecule has 0 spiro atoms. The number of carbonyl (C=O) groups excluding carboxylic acids is 1. The first-order valence-corrected chi connectivity index (χ1v) is 9.36. The van der Waals surface area contributed by atoms with Gasteiger partial charge >= 0.3 is 0 Å². The number of benzene rings is 1. The molecule has 0 unspecified atom stereocenters. The van der Waals surface area contributed by atoms with Gasteiger partial charge in [0.05, 0.1) is 17.8 Å². The fourth-order valence-corrected chi connectivity index (χ4v) is 4.22. The standard InChI is InChI=1S/C20H26N4O/c1-2-10-23-19-9-8-17(20(23)25)14-22(15-19)12-16-11-21-24(13-16)18-6-4-3-5-7-18/h3-7,11,13,17,19H,2,8-10,12,14-15H2,1H3/t17-,19+/m0/s1. The molecule has 132 valence electrons. The van der Waals surface area contributed by atoms with Gasteiger partial charge in [0.1, 0.15) is 0 Å². The third-order valence-electron chi connectivity index (χ3n) is 5.40. The molecule has 1 aromatic carbocycles. The number of para-hydroxylation sites is 1. The number of carbonyl (C=O) groups is 1. The van der Waals surface area contributed by atoms with E-state index in [2.05, 4.69) is 40.2 Å². The van der Waals surface area contributed by atoms with Crippen LogP contribution in [-0.2, 0) is 11.3 Å². The van der Waals surface area contributed by atoms with Crippen LogP contribution in [0.25, 0.3) is 5.69 Å². The molecule has 1 amide bonds. The average molecular weight is 338 g/mol. The van der Waals surface area contributed by atoms with Crippen LogP contribution in [0.4, 0.5) is 0 Å². The minimum Gasteiger partial charge on any atom is -0.338 e. The van der Waals surface area contributed by atoms with Crippen molar-refractivity contribution >= 4 is 5.91 Å². The highest BCUT2D eigenvalue weighted by molar-refractivity contribution is 5.80. The van der Waals surface area contributed by atoms with Crippen molar-refractivity contribution in [2.45, 2.75) is 38.8 Å². The average Bonchev–Trinajstić information content (AvgIpc) is 2.94. The van der Waals surface area contributed by atoms with Crippen molar-refractivity contribution < 1.29 is 4.79 Å². The summed E-state index contributed by atoms with van der Waals surface area (Å²) in [7, 11) is 0. The smallest absolute Gasteiger partial charge is 0.227 e. The first kappa shape index (κ1) is 16.3. The van der Waals surface area contributed by atoms with E-state index >= 15 is 0 Å². The topological polar surface area (TPSA) is 41.4 Å². The van der Waals surface area contributed by atoms with Crippen molar-refractivity contribution in [3.63, 3.8) is 0 Å². The van der Waals surface area contributed by atoms with Crippen molar-refractivity contribution in [3.8, 4) is 5.69 Å². The third-order valence-corrected chi connectivity index (χ3v) is 5.40. The van der Waals surface area contributed by atoms with Crippen molar-refractivity contribution in [2.24, 2.45) is 5.92 Å². The molecule has 5 rings (SSSR count). The molecule has 4 heterocycles. The van der Waals surface area contributed by atoms with Crippen LogP contribution < -0.4 is 0 Å². The summed E-state index contributed by atoms with van der Waals surface area (Å²) in [5.41, 5.74) is 2.29. The van der Waals surface area contributed by atoms with E-state index in [0.717, 1.165) is 51.1 Å². The molecule has 5 heteroatoms. The van der Waals surface area contributed by atoms with E-state index in [1.54, 1.807) is 0 Å². The van der Waals surface area contributed by atoms with Crippen molar-refractivity contribution in [1.29, 1.82) is 0 Å². The fourth-order valence-electron chi connectivity index (χ4n) is 4.22. The molecule has 2 atom stereocenters. The summed E-state index contributed by atoms with van der Waals surface area (Å²) < 4.78 is 1.93. The molecule has 2 aromatic rings. The zero-order valence-electron chi connectivity index (χ0n) is 14.8. The maximum atomic E-state index is 12.7. The molecular weight excluding hydrogens is 312 g/mol. The van der Waals surface area contributed by atoms with Gasteiger partial charge in [0.15, 0.2) is 0 Å². The van der Waals surface area contributed by atoms with Crippen LogP contribution in [0.2, 0.25) is 0 Å². The van der Waals surface area contributed by atoms with Crippen LogP contribution in [0, 0.1) is 5.92 Å². The third kappa shape index (κ3) is 3.33. The Morgan fingerprint density at radius 2 is 2.00 bits per heavy atom. The number of piperidine rings is 1. The van der Waals surface area contributed by atoms with Crippen LogP contribution in [0.3, 0.4) is 0 Å². The van der Waals surface area contributed by atoms with E-state index in [-0.39, 0.29) is 5.92 Å². The number of hydrogen-bond acceptors (Lipinski definition) is 3. The van der Waals surface area contributed by atoms with Gasteiger partial charge in [-0.05, 0) is 31.4 Å². The normalized spacial score (nSPS) is 23.9. The Morgan fingerprint density at radius 3 is 2.80 bits per heavy atom. The monoisotopic (exact) mass is 338 g/mol. The van der Waals surface area contributed by atoms with Gasteiger partial charge in [-0.25, -0.2) is 4.68 Å². The lowest BCUT2D eigenvalue weighted by Crippen LogP contribution is -2.48. The Kier molecular flexibility index (Phi) is 4.57. The fraction of sp³-hybridized carbons (Fsp3) is 0.500. The summed E-state index contributed by atoms with van der Waals surface area (Å²) in [5.74, 6) is 0.551. The summed E-state index contributed by atoms with van der Waals surface area (Å²) in [6.07, 6.45) is 7.29. The van der Waals surface area contributed by atoms with Crippen LogP contribution in [0.5, 0.6) is 0 Å². The number of hydrogen-bond donors (Lipinski definition) is 0. The summed E-state index contributed by atoms with van der Waals surface area (Å²) in [5, 5.41) is 4.50. The van der Waals surface area contributed by atoms with Crippen LogP contribution in [-0.4, -0.2) is 51.2 Å². The number of fused-ring (bicyclic) bond motifs is 4. The zero-order valence-corrected chi connectivity index (χ0v) is 14.8. The quantitative estimate of drug-likeness (QED) is 0.842. The van der Waals surface area contributed by atoms with Gasteiger partial charge < -0.3 is 4.90 Å². The molecule has 0 N–H and O–H groups in total. The van der Waals surface area contributed by atoms with E-state index < -0.39 is 0 Å². The molecule has 2 bridgehead atoms. The van der Waals surface area contributed by atoms with Gasteiger partial charge in [0.25, 0.3) is 0 Å². The van der Waals surface area contributed by atoms with E-state index in [0.29, 0.717) is 11.9 Å². The summed E-state index contributed by atoms with van der Waals surface area (Å²) in [6, 6.07) is 10.6. The number of amides is 1. The summed E-state index contributed by atoms with van der Waals surface area (Å²) in [6.45, 7) is 5.79. The molecule has 0 radical (unpaired) electrons. The SMILES string of the molecule is CCCN1C(=O)[C@H]2CC[C@@H]1CN(Cc1cnn(-c3ccccc3)c1)C2. The van der Waals surface area contributed by atoms with Crippen molar-refractivity contribution in [1.82, 2.24) is 19.6 Å². The van der Waals surface area contributed by atoms with Crippen molar-refractivity contribution in [3.05, 3.63) is 48.3 Å². The number of aromatic nitrogens is 2. The molecule has 3 aliphatic heterocycles. The molecule has 0 saturated carbocycles. The second-order valence-electron chi connectivity index (χ2n) is 7.28. The van der Waals surface area contributed by atoms with Gasteiger partial charge in [-0.1, -0.05) is 25.1 Å². The van der Waals surface area contributed by atoms with Crippen LogP contribution in [0.15, 0.2) is 42.7 Å². The minimum absolute atomic E-state index is 0.175. The Hall–Kier alpha value is -2.14. The van der Waals surface area contributed by atoms with Gasteiger partial charge in [-0.3, -0.25) is 9.69 Å². The summed E-state index contributed by atoms with van der Waals surface area (Å²) in [4.78, 5) is 17.3. The van der Waals surface area contributed by atoms with Crippen molar-refractivity contribution in [2.75, 3.05) is 19.6 Å². The van der Waals surface area contributed by atoms with Gasteiger partial charge in [-0.15, -0.1) is 0 Å². The first-order valence-electron chi connectivity index (χ1n) is 9.36. The van der Waals surface area contributed by atoms with Gasteiger partial charge in [0.2, 0.25) is 5.91 Å². The van der Waals surface area contributed by atoms with Crippen LogP contribution >= 0.6 is 0 Å². The molecule has 3 saturated heterocycles. The molecule has 3 fully saturated rings. The highest BCUT2D eigenvalue weighted by Gasteiger charge is 2.40. The lowest BCUT2D eigenvalue weighted by Gasteiger charge is -2.35. The Balaban J connectivity index is 1.47. The maximum absolute atomic E-state index is 12.7. The molecular formula is C20H26N4O. The highest BCUT2D eigenvalue weighted by Crippen LogP contribution is 2.30. The van der Waals surface area contributed by atoms with Gasteiger partial charge in [-0.2, -0.15) is 5.10 Å². The van der Waals surface area contributed by atoms with E-state index in [4.69, 9.17) is 0 Å². The van der Waals surface area contributed by atoms with E-state index in [1.165, 1.54) is 5.56 Å². The molecule has 5 nitrogen and oxygen atoms in total. The lowest BCUT2D eigenvalue weighted by atomic mass is 9.94. The number of rotatable bonds is 5.